The maximum Gasteiger partial charge on any atom is 0.167 e. The fourth-order valence-electron chi connectivity index (χ4n) is 3.17. The molecule has 0 bridgehead atoms. The molecule has 2 N–H and O–H groups in total. The molecule has 1 atom stereocenters. The van der Waals surface area contributed by atoms with Gasteiger partial charge in [-0.25, -0.2) is 4.68 Å². The zero-order valence-corrected chi connectivity index (χ0v) is 14.0. The van der Waals surface area contributed by atoms with Crippen molar-refractivity contribution in [3.8, 4) is 11.3 Å². The molecule has 1 saturated carbocycles. The topological polar surface area (TPSA) is 89.0 Å². The summed E-state index contributed by atoms with van der Waals surface area (Å²) in [5.41, 5.74) is 2.70. The molecule has 1 aliphatic carbocycles. The van der Waals surface area contributed by atoms with Crippen molar-refractivity contribution in [1.29, 1.82) is 0 Å². The number of aliphatic hydroxyl groups excluding tert-OH is 1. The van der Waals surface area contributed by atoms with E-state index in [1.807, 2.05) is 41.1 Å². The number of aliphatic hydroxyl groups is 1. The highest BCUT2D eigenvalue weighted by atomic mass is 16.5. The van der Waals surface area contributed by atoms with Gasteiger partial charge in [-0.05, 0) is 19.8 Å². The molecule has 7 heteroatoms. The second kappa shape index (κ2) is 6.78. The quantitative estimate of drug-likeness (QED) is 0.717. The zero-order valence-electron chi connectivity index (χ0n) is 14.0. The van der Waals surface area contributed by atoms with Gasteiger partial charge in [-0.15, -0.1) is 5.10 Å². The third kappa shape index (κ3) is 3.33. The third-order valence-corrected chi connectivity index (χ3v) is 4.68. The zero-order chi connectivity index (χ0) is 17.2. The Morgan fingerprint density at radius 3 is 2.88 bits per heavy atom. The number of hydrogen-bond acceptors (Lipinski definition) is 6. The van der Waals surface area contributed by atoms with Crippen LogP contribution in [0, 0.1) is 0 Å². The van der Waals surface area contributed by atoms with Crippen molar-refractivity contribution >= 4 is 0 Å². The first-order valence-electron chi connectivity index (χ1n) is 8.53. The van der Waals surface area contributed by atoms with Crippen LogP contribution in [0.1, 0.15) is 43.3 Å². The van der Waals surface area contributed by atoms with Gasteiger partial charge in [0.2, 0.25) is 0 Å². The second-order valence-corrected chi connectivity index (χ2v) is 6.53. The fourth-order valence-corrected chi connectivity index (χ4v) is 3.17. The Hall–Kier alpha value is -2.51. The van der Waals surface area contributed by atoms with Crippen LogP contribution < -0.4 is 5.32 Å². The monoisotopic (exact) mass is 339 g/mol. The van der Waals surface area contributed by atoms with Crippen molar-refractivity contribution in [2.24, 2.45) is 0 Å². The summed E-state index contributed by atoms with van der Waals surface area (Å²) in [7, 11) is 0. The Morgan fingerprint density at radius 1 is 1.32 bits per heavy atom. The maximum atomic E-state index is 9.74. The molecule has 2 heterocycles. The summed E-state index contributed by atoms with van der Waals surface area (Å²) >= 11 is 0. The van der Waals surface area contributed by atoms with Crippen LogP contribution in [-0.2, 0) is 6.54 Å². The molecule has 130 valence electrons. The van der Waals surface area contributed by atoms with Crippen LogP contribution in [0.15, 0.2) is 47.1 Å². The molecule has 2 aromatic heterocycles. The molecule has 0 amide bonds. The van der Waals surface area contributed by atoms with E-state index >= 15 is 0 Å². The average molecular weight is 339 g/mol. The number of rotatable bonds is 6. The first-order chi connectivity index (χ1) is 12.2. The Bertz CT molecular complexity index is 821. The molecule has 0 radical (unpaired) electrons. The summed E-state index contributed by atoms with van der Waals surface area (Å²) in [6.45, 7) is 2.41. The van der Waals surface area contributed by atoms with Crippen LogP contribution in [0.4, 0.5) is 0 Å². The van der Waals surface area contributed by atoms with Crippen LogP contribution >= 0.6 is 0 Å². The molecule has 1 aromatic carbocycles. The Kier molecular flexibility index (Phi) is 4.33. The summed E-state index contributed by atoms with van der Waals surface area (Å²) in [4.78, 5) is 0. The number of aromatic nitrogens is 4. The SMILES string of the molecule is C[C@@H](O)c1cnnn1[C@H]1C[C@H](NCc2cc(-c3ccccc3)on2)C1. The van der Waals surface area contributed by atoms with Crippen molar-refractivity contribution in [1.82, 2.24) is 25.5 Å². The molecule has 3 aromatic rings. The highest BCUT2D eigenvalue weighted by Crippen LogP contribution is 2.33. The number of nitrogens with one attached hydrogen (secondary N) is 1. The van der Waals surface area contributed by atoms with Crippen molar-refractivity contribution in [3.63, 3.8) is 0 Å². The highest BCUT2D eigenvalue weighted by Gasteiger charge is 2.32. The predicted octanol–water partition coefficient (Wildman–Crippen LogP) is 2.48. The number of nitrogens with zero attached hydrogens (tertiary/aromatic N) is 4. The largest absolute Gasteiger partial charge is 0.387 e. The minimum absolute atomic E-state index is 0.293. The second-order valence-electron chi connectivity index (χ2n) is 6.53. The standard InChI is InChI=1S/C18H21N5O2/c1-12(24)17-11-20-22-23(17)16-7-14(8-16)19-10-15-9-18(25-21-15)13-5-3-2-4-6-13/h2-6,9,11-12,14,16,19,24H,7-8,10H2,1H3/t12-,14-,16-/m1/s1. The van der Waals surface area contributed by atoms with Crippen LogP contribution in [0.25, 0.3) is 11.3 Å². The Labute approximate surface area is 145 Å². The molecular formula is C18H21N5O2. The first kappa shape index (κ1) is 16.0. The lowest BCUT2D eigenvalue weighted by molar-refractivity contribution is 0.156. The van der Waals surface area contributed by atoms with Crippen molar-refractivity contribution in [2.75, 3.05) is 0 Å². The van der Waals surface area contributed by atoms with Gasteiger partial charge in [-0.2, -0.15) is 0 Å². The first-order valence-corrected chi connectivity index (χ1v) is 8.53. The molecule has 0 aliphatic heterocycles. The van der Waals surface area contributed by atoms with Crippen LogP contribution in [0.3, 0.4) is 0 Å². The van der Waals surface area contributed by atoms with E-state index in [0.29, 0.717) is 18.6 Å². The lowest BCUT2D eigenvalue weighted by atomic mass is 9.86. The van der Waals surface area contributed by atoms with E-state index in [4.69, 9.17) is 4.52 Å². The summed E-state index contributed by atoms with van der Waals surface area (Å²) in [6, 6.07) is 12.6. The molecule has 0 saturated heterocycles. The summed E-state index contributed by atoms with van der Waals surface area (Å²) in [5.74, 6) is 0.785. The van der Waals surface area contributed by atoms with Gasteiger partial charge in [0.05, 0.1) is 29.7 Å². The lowest BCUT2D eigenvalue weighted by Gasteiger charge is -2.36. The smallest absolute Gasteiger partial charge is 0.167 e. The van der Waals surface area contributed by atoms with Gasteiger partial charge >= 0.3 is 0 Å². The number of benzene rings is 1. The van der Waals surface area contributed by atoms with Crippen LogP contribution in [0.5, 0.6) is 0 Å². The lowest BCUT2D eigenvalue weighted by Crippen LogP contribution is -2.42. The van der Waals surface area contributed by atoms with Gasteiger partial charge in [-0.3, -0.25) is 0 Å². The third-order valence-electron chi connectivity index (χ3n) is 4.68. The highest BCUT2D eigenvalue weighted by molar-refractivity contribution is 5.56. The van der Waals surface area contributed by atoms with Crippen molar-refractivity contribution in [2.45, 2.75) is 44.5 Å². The Morgan fingerprint density at radius 2 is 2.12 bits per heavy atom. The van der Waals surface area contributed by atoms with Gasteiger partial charge < -0.3 is 14.9 Å². The van der Waals surface area contributed by atoms with Gasteiger partial charge in [0.1, 0.15) is 0 Å². The predicted molar refractivity (Wildman–Crippen MR) is 91.5 cm³/mol. The molecule has 1 fully saturated rings. The van der Waals surface area contributed by atoms with Gasteiger partial charge in [0.15, 0.2) is 5.76 Å². The summed E-state index contributed by atoms with van der Waals surface area (Å²) in [5, 5.41) is 25.4. The van der Waals surface area contributed by atoms with E-state index in [2.05, 4.69) is 20.8 Å². The van der Waals surface area contributed by atoms with Gasteiger partial charge in [-0.1, -0.05) is 40.7 Å². The van der Waals surface area contributed by atoms with Gasteiger partial charge in [0.25, 0.3) is 0 Å². The van der Waals surface area contributed by atoms with E-state index < -0.39 is 6.10 Å². The van der Waals surface area contributed by atoms with E-state index in [9.17, 15) is 5.11 Å². The molecule has 4 rings (SSSR count). The number of hydrogen-bond donors (Lipinski definition) is 2. The molecule has 1 aliphatic rings. The van der Waals surface area contributed by atoms with Crippen LogP contribution in [-0.4, -0.2) is 31.3 Å². The van der Waals surface area contributed by atoms with E-state index in [0.717, 1.165) is 35.6 Å². The maximum absolute atomic E-state index is 9.74. The Balaban J connectivity index is 1.30. The van der Waals surface area contributed by atoms with E-state index in [1.54, 1.807) is 13.1 Å². The summed E-state index contributed by atoms with van der Waals surface area (Å²) < 4.78 is 7.26. The summed E-state index contributed by atoms with van der Waals surface area (Å²) in [6.07, 6.45) is 3.01. The minimum atomic E-state index is -0.548. The fraction of sp³-hybridized carbons (Fsp3) is 0.389. The van der Waals surface area contributed by atoms with Gasteiger partial charge in [0, 0.05) is 24.2 Å². The molecule has 0 spiro atoms. The molecule has 0 unspecified atom stereocenters. The molecule has 25 heavy (non-hydrogen) atoms. The minimum Gasteiger partial charge on any atom is -0.387 e. The average Bonchev–Trinajstić information content (AvgIpc) is 3.23. The van der Waals surface area contributed by atoms with Crippen LogP contribution in [0.2, 0.25) is 0 Å². The van der Waals surface area contributed by atoms with Crippen molar-refractivity contribution < 1.29 is 9.63 Å². The molecule has 7 nitrogen and oxygen atoms in total. The van der Waals surface area contributed by atoms with E-state index in [-0.39, 0.29) is 0 Å². The molecular weight excluding hydrogens is 318 g/mol. The van der Waals surface area contributed by atoms with E-state index in [1.165, 1.54) is 0 Å². The van der Waals surface area contributed by atoms with Crippen molar-refractivity contribution in [3.05, 3.63) is 54.0 Å². The normalized spacial score (nSPS) is 21.0.